The summed E-state index contributed by atoms with van der Waals surface area (Å²) in [5.41, 5.74) is 3.49. The number of halogens is 2. The second kappa shape index (κ2) is 8.39. The molecule has 0 aliphatic carbocycles. The molecule has 0 fully saturated rings. The second-order valence-electron chi connectivity index (χ2n) is 8.68. The van der Waals surface area contributed by atoms with E-state index in [1.54, 1.807) is 0 Å². The molecule has 0 bridgehead atoms. The highest BCUT2D eigenvalue weighted by atomic mass is 19.3. The van der Waals surface area contributed by atoms with Gasteiger partial charge in [-0.15, -0.1) is 0 Å². The Morgan fingerprint density at radius 1 is 1.28 bits per heavy atom. The standard InChI is InChI=1S/C21H27F2N5O/c1-13-8-16-15(26-19(13)27-17(29)9-21(2,3)4)6-5-7-28(16)12-14-10-24-20(18(22)23)25-11-14/h8,10-11,18H,5-7,9,12H2,1-4H3,(H,26,27,29). The van der Waals surface area contributed by atoms with Gasteiger partial charge in [0.15, 0.2) is 5.82 Å². The van der Waals surface area contributed by atoms with Gasteiger partial charge in [0.05, 0.1) is 11.4 Å². The minimum atomic E-state index is -2.67. The number of aryl methyl sites for hydroxylation is 2. The van der Waals surface area contributed by atoms with Crippen molar-refractivity contribution in [1.82, 2.24) is 15.0 Å². The number of aromatic nitrogens is 3. The fourth-order valence-corrected chi connectivity index (χ4v) is 3.38. The maximum Gasteiger partial charge on any atom is 0.297 e. The summed E-state index contributed by atoms with van der Waals surface area (Å²) in [5.74, 6) is 0.0994. The van der Waals surface area contributed by atoms with Crippen LogP contribution in [-0.4, -0.2) is 27.4 Å². The smallest absolute Gasteiger partial charge is 0.297 e. The first-order valence-electron chi connectivity index (χ1n) is 9.77. The molecule has 8 heteroatoms. The van der Waals surface area contributed by atoms with Crippen molar-refractivity contribution in [2.24, 2.45) is 5.41 Å². The van der Waals surface area contributed by atoms with Gasteiger partial charge in [0.2, 0.25) is 5.91 Å². The molecule has 0 unspecified atom stereocenters. The van der Waals surface area contributed by atoms with Crippen LogP contribution in [0, 0.1) is 12.3 Å². The number of carbonyl (C=O) groups is 1. The average molecular weight is 403 g/mol. The Kier molecular flexibility index (Phi) is 6.10. The lowest BCUT2D eigenvalue weighted by Gasteiger charge is -2.31. The summed E-state index contributed by atoms with van der Waals surface area (Å²) in [6, 6.07) is 2.03. The summed E-state index contributed by atoms with van der Waals surface area (Å²) in [6.45, 7) is 9.35. The number of rotatable bonds is 5. The first-order chi connectivity index (χ1) is 13.6. The molecule has 1 N–H and O–H groups in total. The van der Waals surface area contributed by atoms with E-state index in [1.807, 2.05) is 33.8 Å². The molecule has 1 amide bonds. The fourth-order valence-electron chi connectivity index (χ4n) is 3.38. The van der Waals surface area contributed by atoms with Gasteiger partial charge < -0.3 is 10.2 Å². The number of amides is 1. The van der Waals surface area contributed by atoms with Gasteiger partial charge in [0, 0.05) is 37.5 Å². The minimum absolute atomic E-state index is 0.0445. The molecule has 0 aromatic carbocycles. The topological polar surface area (TPSA) is 71.0 Å². The summed E-state index contributed by atoms with van der Waals surface area (Å²) < 4.78 is 25.3. The lowest BCUT2D eigenvalue weighted by molar-refractivity contribution is -0.117. The zero-order chi connectivity index (χ0) is 21.2. The number of nitrogens with zero attached hydrogens (tertiary/aromatic N) is 4. The Morgan fingerprint density at radius 3 is 2.59 bits per heavy atom. The first-order valence-corrected chi connectivity index (χ1v) is 9.77. The van der Waals surface area contributed by atoms with Crippen LogP contribution in [0.4, 0.5) is 20.3 Å². The van der Waals surface area contributed by atoms with Crippen LogP contribution in [0.2, 0.25) is 0 Å². The van der Waals surface area contributed by atoms with Gasteiger partial charge in [0.25, 0.3) is 6.43 Å². The van der Waals surface area contributed by atoms with Crippen LogP contribution in [0.5, 0.6) is 0 Å². The highest BCUT2D eigenvalue weighted by Crippen LogP contribution is 2.31. The van der Waals surface area contributed by atoms with E-state index in [1.165, 1.54) is 12.4 Å². The molecule has 2 aromatic rings. The third kappa shape index (κ3) is 5.46. The van der Waals surface area contributed by atoms with Gasteiger partial charge >= 0.3 is 0 Å². The Hall–Kier alpha value is -2.64. The molecule has 6 nitrogen and oxygen atoms in total. The van der Waals surface area contributed by atoms with Gasteiger partial charge in [-0.2, -0.15) is 0 Å². The predicted molar refractivity (Wildman–Crippen MR) is 108 cm³/mol. The van der Waals surface area contributed by atoms with E-state index in [0.717, 1.165) is 41.9 Å². The molecule has 29 heavy (non-hydrogen) atoms. The number of fused-ring (bicyclic) bond motifs is 1. The van der Waals surface area contributed by atoms with E-state index in [2.05, 4.69) is 20.2 Å². The molecule has 0 spiro atoms. The van der Waals surface area contributed by atoms with Crippen LogP contribution in [-0.2, 0) is 17.8 Å². The second-order valence-corrected chi connectivity index (χ2v) is 8.68. The molecule has 3 heterocycles. The number of anilines is 2. The largest absolute Gasteiger partial charge is 0.366 e. The Bertz CT molecular complexity index is 878. The third-order valence-electron chi connectivity index (χ3n) is 4.69. The maximum absolute atomic E-state index is 12.6. The van der Waals surface area contributed by atoms with E-state index in [0.29, 0.717) is 18.8 Å². The van der Waals surface area contributed by atoms with Crippen molar-refractivity contribution < 1.29 is 13.6 Å². The maximum atomic E-state index is 12.6. The molecule has 0 radical (unpaired) electrons. The van der Waals surface area contributed by atoms with Gasteiger partial charge in [-0.1, -0.05) is 20.8 Å². The molecule has 0 saturated carbocycles. The van der Waals surface area contributed by atoms with Crippen molar-refractivity contribution in [3.05, 3.63) is 41.1 Å². The quantitative estimate of drug-likeness (QED) is 0.799. The molecule has 1 aliphatic heterocycles. The van der Waals surface area contributed by atoms with E-state index >= 15 is 0 Å². The molecular formula is C21H27F2N5O. The average Bonchev–Trinajstić information content (AvgIpc) is 2.62. The molecular weight excluding hydrogens is 376 g/mol. The SMILES string of the molecule is Cc1cc2c(nc1NC(=O)CC(C)(C)C)CCCN2Cc1cnc(C(F)F)nc1. The molecule has 0 saturated heterocycles. The number of alkyl halides is 2. The van der Waals surface area contributed by atoms with Crippen LogP contribution < -0.4 is 10.2 Å². The highest BCUT2D eigenvalue weighted by molar-refractivity contribution is 5.91. The molecule has 0 atom stereocenters. The van der Waals surface area contributed by atoms with Gasteiger partial charge in [0.1, 0.15) is 5.82 Å². The zero-order valence-electron chi connectivity index (χ0n) is 17.3. The number of hydrogen-bond donors (Lipinski definition) is 1. The van der Waals surface area contributed by atoms with Crippen LogP contribution in [0.25, 0.3) is 0 Å². The minimum Gasteiger partial charge on any atom is -0.366 e. The van der Waals surface area contributed by atoms with E-state index in [4.69, 9.17) is 4.98 Å². The van der Waals surface area contributed by atoms with E-state index < -0.39 is 12.2 Å². The Morgan fingerprint density at radius 2 is 1.97 bits per heavy atom. The zero-order valence-corrected chi connectivity index (χ0v) is 17.3. The fraction of sp³-hybridized carbons (Fsp3) is 0.524. The summed E-state index contributed by atoms with van der Waals surface area (Å²) in [7, 11) is 0. The number of carbonyl (C=O) groups excluding carboxylic acids is 1. The Balaban J connectivity index is 1.77. The number of pyridine rings is 1. The van der Waals surface area contributed by atoms with Crippen molar-refractivity contribution in [2.75, 3.05) is 16.8 Å². The first kappa shape index (κ1) is 21.1. The highest BCUT2D eigenvalue weighted by Gasteiger charge is 2.22. The van der Waals surface area contributed by atoms with Crippen molar-refractivity contribution in [1.29, 1.82) is 0 Å². The van der Waals surface area contributed by atoms with Gasteiger partial charge in [-0.3, -0.25) is 4.79 Å². The van der Waals surface area contributed by atoms with Crippen LogP contribution >= 0.6 is 0 Å². The van der Waals surface area contributed by atoms with Crippen molar-refractivity contribution in [3.8, 4) is 0 Å². The van der Waals surface area contributed by atoms with E-state index in [9.17, 15) is 13.6 Å². The third-order valence-corrected chi connectivity index (χ3v) is 4.69. The van der Waals surface area contributed by atoms with E-state index in [-0.39, 0.29) is 11.3 Å². The van der Waals surface area contributed by atoms with Gasteiger partial charge in [-0.25, -0.2) is 23.7 Å². The molecule has 2 aromatic heterocycles. The normalized spacial score (nSPS) is 14.1. The molecule has 156 valence electrons. The lowest BCUT2D eigenvalue weighted by atomic mass is 9.92. The van der Waals surface area contributed by atoms with Gasteiger partial charge in [-0.05, 0) is 36.8 Å². The summed E-state index contributed by atoms with van der Waals surface area (Å²) >= 11 is 0. The number of hydrogen-bond acceptors (Lipinski definition) is 5. The summed E-state index contributed by atoms with van der Waals surface area (Å²) in [6.07, 6.45) is 2.41. The van der Waals surface area contributed by atoms with Crippen molar-refractivity contribution in [3.63, 3.8) is 0 Å². The molecule has 1 aliphatic rings. The summed E-state index contributed by atoms with van der Waals surface area (Å²) in [5, 5.41) is 2.94. The Labute approximate surface area is 169 Å². The number of nitrogens with one attached hydrogen (secondary N) is 1. The summed E-state index contributed by atoms with van der Waals surface area (Å²) in [4.78, 5) is 26.6. The van der Waals surface area contributed by atoms with Crippen LogP contribution in [0.1, 0.15) is 62.7 Å². The predicted octanol–water partition coefficient (Wildman–Crippen LogP) is 4.45. The molecule has 3 rings (SSSR count). The van der Waals surface area contributed by atoms with Crippen LogP contribution in [0.15, 0.2) is 18.5 Å². The monoisotopic (exact) mass is 403 g/mol. The lowest BCUT2D eigenvalue weighted by Crippen LogP contribution is -2.30. The van der Waals surface area contributed by atoms with Crippen LogP contribution in [0.3, 0.4) is 0 Å². The van der Waals surface area contributed by atoms with Crippen molar-refractivity contribution >= 4 is 17.4 Å². The van der Waals surface area contributed by atoms with Crippen molar-refractivity contribution in [2.45, 2.75) is 59.9 Å².